The van der Waals surface area contributed by atoms with Gasteiger partial charge in [-0.25, -0.2) is 0 Å². The van der Waals surface area contributed by atoms with E-state index >= 15 is 0 Å². The van der Waals surface area contributed by atoms with Gasteiger partial charge in [-0.3, -0.25) is 0 Å². The first kappa shape index (κ1) is 21.8. The summed E-state index contributed by atoms with van der Waals surface area (Å²) in [5.41, 5.74) is 12.1. The highest BCUT2D eigenvalue weighted by Crippen LogP contribution is 2.15. The number of unbranched alkanes of at least 4 members (excludes halogenated alkanes) is 5. The van der Waals surface area contributed by atoms with Crippen molar-refractivity contribution < 1.29 is 0 Å². The van der Waals surface area contributed by atoms with E-state index in [9.17, 15) is 0 Å². The average molecular weight is 315 g/mol. The summed E-state index contributed by atoms with van der Waals surface area (Å²) in [6.07, 6.45) is 11.9. The lowest BCUT2D eigenvalue weighted by molar-refractivity contribution is 0.268. The molecule has 22 heavy (non-hydrogen) atoms. The first-order valence-electron chi connectivity index (χ1n) is 9.60. The standard InChI is InChI=1S/C18H42N4/c1-4-14-21-16-12-10-8-7-9-11-13-18(19,20)17(6-3)22-15-5-2/h17,21-22H,4-16,19-20H2,1-3H3. The second-order valence-corrected chi connectivity index (χ2v) is 6.65. The second kappa shape index (κ2) is 14.4. The molecule has 0 radical (unpaired) electrons. The number of rotatable bonds is 16. The molecule has 0 bridgehead atoms. The van der Waals surface area contributed by atoms with Gasteiger partial charge in [0.15, 0.2) is 0 Å². The van der Waals surface area contributed by atoms with Crippen molar-refractivity contribution in [2.24, 2.45) is 11.5 Å². The zero-order valence-corrected chi connectivity index (χ0v) is 15.4. The highest BCUT2D eigenvalue weighted by atomic mass is 15.1. The van der Waals surface area contributed by atoms with Gasteiger partial charge >= 0.3 is 0 Å². The van der Waals surface area contributed by atoms with E-state index < -0.39 is 5.66 Å². The largest absolute Gasteiger partial charge is 0.317 e. The summed E-state index contributed by atoms with van der Waals surface area (Å²) in [7, 11) is 0. The molecule has 4 nitrogen and oxygen atoms in total. The van der Waals surface area contributed by atoms with Gasteiger partial charge in [0.1, 0.15) is 0 Å². The second-order valence-electron chi connectivity index (χ2n) is 6.65. The van der Waals surface area contributed by atoms with E-state index in [0.717, 1.165) is 38.8 Å². The maximum atomic E-state index is 6.33. The van der Waals surface area contributed by atoms with Crippen molar-refractivity contribution in [2.75, 3.05) is 19.6 Å². The van der Waals surface area contributed by atoms with E-state index in [1.54, 1.807) is 0 Å². The molecule has 1 atom stereocenters. The highest BCUT2D eigenvalue weighted by Gasteiger charge is 2.28. The Morgan fingerprint density at radius 1 is 0.773 bits per heavy atom. The minimum atomic E-state index is -0.562. The zero-order chi connectivity index (χ0) is 16.7. The normalized spacial score (nSPS) is 13.5. The Balaban J connectivity index is 3.58. The molecule has 0 aromatic heterocycles. The lowest BCUT2D eigenvalue weighted by atomic mass is 9.93. The van der Waals surface area contributed by atoms with Crippen LogP contribution in [0.4, 0.5) is 0 Å². The van der Waals surface area contributed by atoms with Crippen LogP contribution in [-0.4, -0.2) is 31.3 Å². The number of nitrogens with two attached hydrogens (primary N) is 2. The molecule has 0 aliphatic carbocycles. The van der Waals surface area contributed by atoms with Crippen LogP contribution in [0, 0.1) is 0 Å². The molecular formula is C18H42N4. The summed E-state index contributed by atoms with van der Waals surface area (Å²) >= 11 is 0. The molecule has 0 aromatic carbocycles. The van der Waals surface area contributed by atoms with E-state index in [1.165, 1.54) is 45.1 Å². The summed E-state index contributed by atoms with van der Waals surface area (Å²) < 4.78 is 0. The molecule has 0 saturated carbocycles. The van der Waals surface area contributed by atoms with Crippen LogP contribution < -0.4 is 22.1 Å². The Kier molecular flexibility index (Phi) is 14.3. The Morgan fingerprint density at radius 3 is 1.95 bits per heavy atom. The molecule has 0 spiro atoms. The van der Waals surface area contributed by atoms with E-state index in [-0.39, 0.29) is 6.04 Å². The molecule has 0 aliphatic rings. The zero-order valence-electron chi connectivity index (χ0n) is 15.4. The van der Waals surface area contributed by atoms with Crippen molar-refractivity contribution >= 4 is 0 Å². The molecule has 0 saturated heterocycles. The minimum Gasteiger partial charge on any atom is -0.317 e. The van der Waals surface area contributed by atoms with Crippen molar-refractivity contribution in [1.29, 1.82) is 0 Å². The first-order chi connectivity index (χ1) is 10.6. The predicted octanol–water partition coefficient (Wildman–Crippen LogP) is 3.11. The molecule has 0 amide bonds. The smallest absolute Gasteiger partial charge is 0.0794 e. The van der Waals surface area contributed by atoms with Crippen molar-refractivity contribution in [3.05, 3.63) is 0 Å². The third kappa shape index (κ3) is 11.4. The van der Waals surface area contributed by atoms with Crippen LogP contribution >= 0.6 is 0 Å². The summed E-state index contributed by atoms with van der Waals surface area (Å²) in [6.45, 7) is 9.87. The number of hydrogen-bond acceptors (Lipinski definition) is 4. The molecule has 134 valence electrons. The lowest BCUT2D eigenvalue weighted by Gasteiger charge is -2.34. The minimum absolute atomic E-state index is 0.233. The van der Waals surface area contributed by atoms with Gasteiger partial charge in [0, 0.05) is 6.04 Å². The molecule has 1 unspecified atom stereocenters. The molecule has 0 fully saturated rings. The van der Waals surface area contributed by atoms with Crippen LogP contribution in [0.15, 0.2) is 0 Å². The highest BCUT2D eigenvalue weighted by molar-refractivity contribution is 4.89. The van der Waals surface area contributed by atoms with E-state index in [4.69, 9.17) is 11.5 Å². The van der Waals surface area contributed by atoms with Crippen LogP contribution in [0.1, 0.15) is 85.0 Å². The summed E-state index contributed by atoms with van der Waals surface area (Å²) in [5, 5.41) is 6.94. The van der Waals surface area contributed by atoms with Gasteiger partial charge < -0.3 is 22.1 Å². The third-order valence-electron chi connectivity index (χ3n) is 4.34. The maximum Gasteiger partial charge on any atom is 0.0794 e. The van der Waals surface area contributed by atoms with Gasteiger partial charge in [-0.2, -0.15) is 0 Å². The fraction of sp³-hybridized carbons (Fsp3) is 1.00. The van der Waals surface area contributed by atoms with Crippen LogP contribution in [-0.2, 0) is 0 Å². The summed E-state index contributed by atoms with van der Waals surface area (Å²) in [4.78, 5) is 0. The molecule has 0 aromatic rings. The van der Waals surface area contributed by atoms with Crippen molar-refractivity contribution in [2.45, 2.75) is 96.7 Å². The molecule has 6 N–H and O–H groups in total. The van der Waals surface area contributed by atoms with Gasteiger partial charge in [-0.15, -0.1) is 0 Å². The SMILES string of the molecule is CCCNCCCCCCCCC(N)(N)C(CC)NCCC. The van der Waals surface area contributed by atoms with Crippen LogP contribution in [0.2, 0.25) is 0 Å². The van der Waals surface area contributed by atoms with Gasteiger partial charge in [-0.05, 0) is 51.7 Å². The molecule has 0 heterocycles. The molecule has 0 aliphatic heterocycles. The van der Waals surface area contributed by atoms with Gasteiger partial charge in [0.2, 0.25) is 0 Å². The summed E-state index contributed by atoms with van der Waals surface area (Å²) in [6, 6.07) is 0.233. The number of hydrogen-bond donors (Lipinski definition) is 4. The van der Waals surface area contributed by atoms with E-state index in [1.807, 2.05) is 0 Å². The van der Waals surface area contributed by atoms with Gasteiger partial charge in [0.05, 0.1) is 5.66 Å². The molecule has 0 rings (SSSR count). The van der Waals surface area contributed by atoms with E-state index in [2.05, 4.69) is 31.4 Å². The van der Waals surface area contributed by atoms with Crippen molar-refractivity contribution in [3.8, 4) is 0 Å². The van der Waals surface area contributed by atoms with E-state index in [0.29, 0.717) is 0 Å². The molecular weight excluding hydrogens is 272 g/mol. The molecule has 4 heteroatoms. The summed E-state index contributed by atoms with van der Waals surface area (Å²) in [5.74, 6) is 0. The lowest BCUT2D eigenvalue weighted by Crippen LogP contribution is -2.63. The monoisotopic (exact) mass is 314 g/mol. The fourth-order valence-electron chi connectivity index (χ4n) is 2.90. The van der Waals surface area contributed by atoms with Crippen LogP contribution in [0.3, 0.4) is 0 Å². The number of nitrogens with one attached hydrogen (secondary N) is 2. The quantitative estimate of drug-likeness (QED) is 0.261. The Morgan fingerprint density at radius 2 is 1.36 bits per heavy atom. The maximum absolute atomic E-state index is 6.33. The van der Waals surface area contributed by atoms with Crippen LogP contribution in [0.25, 0.3) is 0 Å². The van der Waals surface area contributed by atoms with Crippen molar-refractivity contribution in [1.82, 2.24) is 10.6 Å². The predicted molar refractivity (Wildman–Crippen MR) is 99.0 cm³/mol. The average Bonchev–Trinajstić information content (AvgIpc) is 2.49. The fourth-order valence-corrected chi connectivity index (χ4v) is 2.90. The van der Waals surface area contributed by atoms with Gasteiger partial charge in [-0.1, -0.05) is 52.9 Å². The topological polar surface area (TPSA) is 76.1 Å². The Bertz CT molecular complexity index is 231. The van der Waals surface area contributed by atoms with Gasteiger partial charge in [0.25, 0.3) is 0 Å². The Labute approximate surface area is 139 Å². The Hall–Kier alpha value is -0.160. The van der Waals surface area contributed by atoms with Crippen molar-refractivity contribution in [3.63, 3.8) is 0 Å². The first-order valence-corrected chi connectivity index (χ1v) is 9.60. The van der Waals surface area contributed by atoms with Crippen LogP contribution in [0.5, 0.6) is 0 Å². The third-order valence-corrected chi connectivity index (χ3v) is 4.34.